The summed E-state index contributed by atoms with van der Waals surface area (Å²) in [7, 11) is 0. The van der Waals surface area contributed by atoms with E-state index >= 15 is 0 Å². The van der Waals surface area contributed by atoms with Crippen molar-refractivity contribution in [3.8, 4) is 0 Å². The van der Waals surface area contributed by atoms with Crippen LogP contribution in [0.25, 0.3) is 11.0 Å². The molecule has 3 heterocycles. The fourth-order valence-electron chi connectivity index (χ4n) is 7.53. The first-order valence-electron chi connectivity index (χ1n) is 15.2. The average molecular weight is 603 g/mol. The van der Waals surface area contributed by atoms with Crippen LogP contribution in [0.2, 0.25) is 0 Å². The fourth-order valence-corrected chi connectivity index (χ4v) is 7.53. The highest BCUT2D eigenvalue weighted by Crippen LogP contribution is 2.43. The van der Waals surface area contributed by atoms with Crippen molar-refractivity contribution in [1.29, 1.82) is 0 Å². The number of benzene rings is 2. The van der Waals surface area contributed by atoms with Gasteiger partial charge >= 0.3 is 5.69 Å². The molecule has 7 nitrogen and oxygen atoms in total. The van der Waals surface area contributed by atoms with Crippen LogP contribution in [0.3, 0.4) is 0 Å². The van der Waals surface area contributed by atoms with Gasteiger partial charge in [0, 0.05) is 37.8 Å². The number of hydrogen-bond donors (Lipinski definition) is 2. The minimum Gasteiger partial charge on any atom is -0.353 e. The molecule has 41 heavy (non-hydrogen) atoms. The van der Waals surface area contributed by atoms with Crippen molar-refractivity contribution in [2.24, 2.45) is 0 Å². The minimum absolute atomic E-state index is 0. The summed E-state index contributed by atoms with van der Waals surface area (Å²) in [5.74, 6) is 0.0440. The van der Waals surface area contributed by atoms with Crippen LogP contribution in [0.4, 0.5) is 0 Å². The summed E-state index contributed by atoms with van der Waals surface area (Å²) < 4.78 is 3.91. The number of fused-ring (bicyclic) bond motifs is 1. The largest absolute Gasteiger partial charge is 0.353 e. The molecule has 2 aliphatic heterocycles. The highest BCUT2D eigenvalue weighted by atomic mass is 35.5. The molecule has 1 atom stereocenters. The maximum atomic E-state index is 13.8. The molecule has 1 aliphatic carbocycles. The summed E-state index contributed by atoms with van der Waals surface area (Å²) >= 11 is 0. The van der Waals surface area contributed by atoms with Crippen molar-refractivity contribution < 1.29 is 4.79 Å². The number of piperidine rings is 1. The van der Waals surface area contributed by atoms with Crippen LogP contribution in [0.1, 0.15) is 75.8 Å². The summed E-state index contributed by atoms with van der Waals surface area (Å²) in [6.45, 7) is 3.87. The van der Waals surface area contributed by atoms with Crippen molar-refractivity contribution in [1.82, 2.24) is 24.7 Å². The number of rotatable bonds is 7. The summed E-state index contributed by atoms with van der Waals surface area (Å²) in [6, 6.07) is 19.4. The molecule has 0 unspecified atom stereocenters. The number of nitrogens with zero attached hydrogens (tertiary/aromatic N) is 3. The van der Waals surface area contributed by atoms with E-state index in [0.29, 0.717) is 13.1 Å². The second kappa shape index (κ2) is 14.2. The molecule has 3 fully saturated rings. The van der Waals surface area contributed by atoms with Crippen molar-refractivity contribution >= 4 is 41.8 Å². The molecule has 1 saturated carbocycles. The second-order valence-corrected chi connectivity index (χ2v) is 11.8. The third kappa shape index (κ3) is 6.38. The smallest absolute Gasteiger partial charge is 0.329 e. The first-order valence-corrected chi connectivity index (χ1v) is 15.2. The molecule has 2 N–H and O–H groups in total. The Labute approximate surface area is 255 Å². The lowest BCUT2D eigenvalue weighted by Gasteiger charge is -2.47. The maximum Gasteiger partial charge on any atom is 0.329 e. The molecular formula is C32H45Cl2N5O2. The van der Waals surface area contributed by atoms with Gasteiger partial charge < -0.3 is 10.6 Å². The number of imidazole rings is 1. The molecule has 6 rings (SSSR count). The molecule has 9 heteroatoms. The van der Waals surface area contributed by atoms with Gasteiger partial charge in [0.2, 0.25) is 5.91 Å². The summed E-state index contributed by atoms with van der Waals surface area (Å²) in [6.07, 6.45) is 11.6. The number of para-hydroxylation sites is 2. The number of carbonyl (C=O) groups is 1. The molecule has 2 aromatic carbocycles. The molecule has 1 amide bonds. The highest BCUT2D eigenvalue weighted by molar-refractivity contribution is 5.85. The lowest BCUT2D eigenvalue weighted by atomic mass is 9.79. The van der Waals surface area contributed by atoms with E-state index in [4.69, 9.17) is 0 Å². The first kappa shape index (κ1) is 31.6. The Morgan fingerprint density at radius 1 is 0.854 bits per heavy atom. The van der Waals surface area contributed by atoms with Crippen molar-refractivity contribution in [2.75, 3.05) is 26.2 Å². The Balaban J connectivity index is 0.00000194. The average Bonchev–Trinajstić information content (AvgIpc) is 3.53. The molecule has 0 bridgehead atoms. The fraction of sp³-hybridized carbons (Fsp3) is 0.562. The Hall–Kier alpha value is -2.32. The number of aromatic nitrogens is 2. The van der Waals surface area contributed by atoms with Gasteiger partial charge in [0.15, 0.2) is 0 Å². The van der Waals surface area contributed by atoms with E-state index in [1.807, 2.05) is 22.8 Å². The van der Waals surface area contributed by atoms with Gasteiger partial charge in [-0.2, -0.15) is 0 Å². The van der Waals surface area contributed by atoms with Crippen LogP contribution >= 0.6 is 24.8 Å². The topological polar surface area (TPSA) is 71.3 Å². The van der Waals surface area contributed by atoms with Gasteiger partial charge in [-0.3, -0.25) is 18.8 Å². The number of halogens is 2. The number of nitrogens with one attached hydrogen (secondary N) is 2. The van der Waals surface area contributed by atoms with Crippen LogP contribution < -0.4 is 16.3 Å². The first-order chi connectivity index (χ1) is 19.2. The molecule has 224 valence electrons. The number of carbonyl (C=O) groups excluding carboxylic acids is 1. The minimum atomic E-state index is -0.0964. The standard InChI is InChI=1S/C32H43N5O2.2ClH/c38-30(27-13-10-20-33-27)34-21-24-36-28-14-6-7-15-29(28)37(31(36)39)26-16-22-35(23-17-26)32(18-8-1-2-9-19-32)25-11-4-3-5-12-25;;/h3-7,11-12,14-15,26-27,33H,1-2,8-10,13,16-24H2,(H,34,38);2*1H/t27-;;/m1../s1. The lowest BCUT2D eigenvalue weighted by Crippen LogP contribution is -2.50. The predicted octanol–water partition coefficient (Wildman–Crippen LogP) is 5.40. The van der Waals surface area contributed by atoms with Crippen LogP contribution in [-0.2, 0) is 16.9 Å². The van der Waals surface area contributed by atoms with E-state index in [-0.39, 0.29) is 54.0 Å². The quantitative estimate of drug-likeness (QED) is 0.356. The predicted molar refractivity (Wildman–Crippen MR) is 170 cm³/mol. The van der Waals surface area contributed by atoms with Crippen LogP contribution in [-0.4, -0.2) is 52.2 Å². The summed E-state index contributed by atoms with van der Waals surface area (Å²) in [5, 5.41) is 6.29. The SMILES string of the molecule is Cl.Cl.O=C(NCCn1c(=O)n(C2CCN(C3(c4ccccc4)CCCCCC3)CC2)c2ccccc21)[C@H]1CCCN1. The Morgan fingerprint density at radius 2 is 1.51 bits per heavy atom. The normalized spacial score (nSPS) is 21.5. The molecule has 0 radical (unpaired) electrons. The van der Waals surface area contributed by atoms with Gasteiger partial charge in [0.1, 0.15) is 0 Å². The summed E-state index contributed by atoms with van der Waals surface area (Å²) in [5.41, 5.74) is 3.61. The van der Waals surface area contributed by atoms with Gasteiger partial charge in [0.05, 0.1) is 17.1 Å². The number of hydrogen-bond acceptors (Lipinski definition) is 4. The molecule has 0 spiro atoms. The second-order valence-electron chi connectivity index (χ2n) is 11.8. The van der Waals surface area contributed by atoms with E-state index in [9.17, 15) is 9.59 Å². The molecule has 1 aromatic heterocycles. The maximum absolute atomic E-state index is 13.8. The number of likely N-dealkylation sites (tertiary alicyclic amines) is 1. The lowest BCUT2D eigenvalue weighted by molar-refractivity contribution is -0.122. The zero-order chi connectivity index (χ0) is 26.7. The van der Waals surface area contributed by atoms with Crippen LogP contribution in [0.5, 0.6) is 0 Å². The zero-order valence-electron chi connectivity index (χ0n) is 23.9. The monoisotopic (exact) mass is 601 g/mol. The van der Waals surface area contributed by atoms with Gasteiger partial charge in [0.25, 0.3) is 0 Å². The highest BCUT2D eigenvalue weighted by Gasteiger charge is 2.40. The van der Waals surface area contributed by atoms with E-state index in [0.717, 1.165) is 56.4 Å². The van der Waals surface area contributed by atoms with Gasteiger partial charge in [-0.1, -0.05) is 68.1 Å². The van der Waals surface area contributed by atoms with E-state index in [1.54, 1.807) is 0 Å². The molecule has 3 aliphatic rings. The van der Waals surface area contributed by atoms with Crippen LogP contribution in [0, 0.1) is 0 Å². The summed E-state index contributed by atoms with van der Waals surface area (Å²) in [4.78, 5) is 29.0. The third-order valence-corrected chi connectivity index (χ3v) is 9.56. The van der Waals surface area contributed by atoms with Gasteiger partial charge in [-0.25, -0.2) is 4.79 Å². The van der Waals surface area contributed by atoms with Crippen molar-refractivity contribution in [2.45, 2.75) is 88.4 Å². The van der Waals surface area contributed by atoms with E-state index < -0.39 is 0 Å². The van der Waals surface area contributed by atoms with Crippen molar-refractivity contribution in [3.05, 3.63) is 70.6 Å². The molecule has 3 aromatic rings. The Morgan fingerprint density at radius 3 is 2.17 bits per heavy atom. The zero-order valence-corrected chi connectivity index (χ0v) is 25.6. The van der Waals surface area contributed by atoms with Crippen LogP contribution in [0.15, 0.2) is 59.4 Å². The molecular weight excluding hydrogens is 557 g/mol. The molecule has 2 saturated heterocycles. The third-order valence-electron chi connectivity index (χ3n) is 9.56. The van der Waals surface area contributed by atoms with Crippen molar-refractivity contribution in [3.63, 3.8) is 0 Å². The Kier molecular flexibility index (Phi) is 11.0. The van der Waals surface area contributed by atoms with E-state index in [2.05, 4.69) is 56.5 Å². The van der Waals surface area contributed by atoms with E-state index in [1.165, 1.54) is 44.1 Å². The number of amides is 1. The Bertz CT molecular complexity index is 1320. The van der Waals surface area contributed by atoms with Gasteiger partial charge in [-0.15, -0.1) is 24.8 Å². The van der Waals surface area contributed by atoms with Gasteiger partial charge in [-0.05, 0) is 62.8 Å².